The van der Waals surface area contributed by atoms with E-state index in [1.165, 1.54) is 0 Å². The third-order valence-corrected chi connectivity index (χ3v) is 5.71. The molecule has 0 aliphatic carbocycles. The summed E-state index contributed by atoms with van der Waals surface area (Å²) in [6.07, 6.45) is 0. The summed E-state index contributed by atoms with van der Waals surface area (Å²) in [4.78, 5) is 28.9. The number of ether oxygens (including phenoxy) is 1. The van der Waals surface area contributed by atoms with Gasteiger partial charge in [-0.2, -0.15) is 0 Å². The molecule has 30 heavy (non-hydrogen) atoms. The molecule has 10 heteroatoms. The third kappa shape index (κ3) is 7.13. The van der Waals surface area contributed by atoms with Crippen molar-refractivity contribution in [2.24, 2.45) is 0 Å². The number of nitrogens with zero attached hydrogens (tertiary/aromatic N) is 4. The quantitative estimate of drug-likeness (QED) is 0.579. The number of benzene rings is 1. The molecule has 0 atom stereocenters. The van der Waals surface area contributed by atoms with Crippen LogP contribution in [0.5, 0.6) is 0 Å². The van der Waals surface area contributed by atoms with E-state index in [0.717, 1.165) is 50.6 Å². The topological polar surface area (TPSA) is 99.7 Å². The first kappa shape index (κ1) is 22.3. The van der Waals surface area contributed by atoms with Gasteiger partial charge in [-0.25, -0.2) is 0 Å². The van der Waals surface area contributed by atoms with Crippen LogP contribution in [-0.4, -0.2) is 84.2 Å². The number of carbonyl (C=O) groups excluding carboxylic acids is 2. The van der Waals surface area contributed by atoms with Crippen molar-refractivity contribution in [3.05, 3.63) is 40.3 Å². The van der Waals surface area contributed by atoms with Crippen LogP contribution in [0.1, 0.15) is 21.7 Å². The summed E-state index contributed by atoms with van der Waals surface area (Å²) >= 11 is 1.15. The van der Waals surface area contributed by atoms with Gasteiger partial charge in [0, 0.05) is 45.0 Å². The SMILES string of the molecule is CCN1CCN(CCNC(=O)COCc2nnc(C(=O)Nc3ccccc3)s2)CC1. The number of carbonyl (C=O) groups is 2. The van der Waals surface area contributed by atoms with Crippen LogP contribution in [-0.2, 0) is 16.1 Å². The van der Waals surface area contributed by atoms with Crippen molar-refractivity contribution in [1.29, 1.82) is 0 Å². The molecular weight excluding hydrogens is 404 g/mol. The van der Waals surface area contributed by atoms with Gasteiger partial charge in [0.2, 0.25) is 10.9 Å². The fourth-order valence-electron chi connectivity index (χ4n) is 3.07. The van der Waals surface area contributed by atoms with Crippen LogP contribution < -0.4 is 10.6 Å². The Labute approximate surface area is 180 Å². The minimum absolute atomic E-state index is 0.0469. The summed E-state index contributed by atoms with van der Waals surface area (Å²) in [6.45, 7) is 9.07. The van der Waals surface area contributed by atoms with Gasteiger partial charge in [0.15, 0.2) is 0 Å². The minimum Gasteiger partial charge on any atom is -0.364 e. The smallest absolute Gasteiger partial charge is 0.286 e. The van der Waals surface area contributed by atoms with Crippen molar-refractivity contribution in [1.82, 2.24) is 25.3 Å². The molecule has 1 aliphatic rings. The first-order valence-corrected chi connectivity index (χ1v) is 10.9. The lowest BCUT2D eigenvalue weighted by Crippen LogP contribution is -2.48. The molecular formula is C20H28N6O3S. The number of hydrogen-bond donors (Lipinski definition) is 2. The Morgan fingerprint density at radius 1 is 1.10 bits per heavy atom. The predicted molar refractivity (Wildman–Crippen MR) is 116 cm³/mol. The fraction of sp³-hybridized carbons (Fsp3) is 0.500. The van der Waals surface area contributed by atoms with Gasteiger partial charge in [0.1, 0.15) is 18.2 Å². The van der Waals surface area contributed by atoms with Crippen molar-refractivity contribution < 1.29 is 14.3 Å². The number of nitrogens with one attached hydrogen (secondary N) is 2. The van der Waals surface area contributed by atoms with E-state index in [1.54, 1.807) is 12.1 Å². The zero-order valence-electron chi connectivity index (χ0n) is 17.2. The molecule has 1 aromatic heterocycles. The highest BCUT2D eigenvalue weighted by atomic mass is 32.1. The minimum atomic E-state index is -0.317. The van der Waals surface area contributed by atoms with Gasteiger partial charge < -0.3 is 20.3 Å². The first-order valence-electron chi connectivity index (χ1n) is 10.1. The van der Waals surface area contributed by atoms with Crippen LogP contribution in [0.4, 0.5) is 5.69 Å². The lowest BCUT2D eigenvalue weighted by molar-refractivity contribution is -0.126. The highest BCUT2D eigenvalue weighted by Gasteiger charge is 2.16. The fourth-order valence-corrected chi connectivity index (χ4v) is 3.75. The maximum atomic E-state index is 12.2. The highest BCUT2D eigenvalue weighted by molar-refractivity contribution is 7.13. The zero-order chi connectivity index (χ0) is 21.2. The van der Waals surface area contributed by atoms with E-state index in [9.17, 15) is 9.59 Å². The van der Waals surface area contributed by atoms with Crippen LogP contribution in [0.15, 0.2) is 30.3 Å². The Bertz CT molecular complexity index is 808. The van der Waals surface area contributed by atoms with Crippen LogP contribution in [0.25, 0.3) is 0 Å². The summed E-state index contributed by atoms with van der Waals surface area (Å²) in [6, 6.07) is 9.15. The lowest BCUT2D eigenvalue weighted by Gasteiger charge is -2.33. The Hall–Kier alpha value is -2.40. The Kier molecular flexibility index (Phi) is 8.69. The molecule has 1 aromatic carbocycles. The second-order valence-electron chi connectivity index (χ2n) is 6.94. The summed E-state index contributed by atoms with van der Waals surface area (Å²) in [5.41, 5.74) is 0.694. The van der Waals surface area contributed by atoms with Crippen molar-refractivity contribution in [3.63, 3.8) is 0 Å². The molecule has 2 aromatic rings. The van der Waals surface area contributed by atoms with Gasteiger partial charge in [-0.1, -0.05) is 36.5 Å². The van der Waals surface area contributed by atoms with Crippen LogP contribution >= 0.6 is 11.3 Å². The number of aromatic nitrogens is 2. The highest BCUT2D eigenvalue weighted by Crippen LogP contribution is 2.13. The lowest BCUT2D eigenvalue weighted by atomic mass is 10.3. The van der Waals surface area contributed by atoms with Gasteiger partial charge in [-0.3, -0.25) is 14.5 Å². The van der Waals surface area contributed by atoms with E-state index in [2.05, 4.69) is 37.6 Å². The van der Waals surface area contributed by atoms with Crippen molar-refractivity contribution in [3.8, 4) is 0 Å². The van der Waals surface area contributed by atoms with Crippen LogP contribution in [0.2, 0.25) is 0 Å². The van der Waals surface area contributed by atoms with Crippen molar-refractivity contribution in [2.45, 2.75) is 13.5 Å². The molecule has 1 fully saturated rings. The van der Waals surface area contributed by atoms with E-state index in [-0.39, 0.29) is 30.0 Å². The first-order chi connectivity index (χ1) is 14.6. The average Bonchev–Trinajstić information content (AvgIpc) is 3.24. The van der Waals surface area contributed by atoms with Crippen LogP contribution in [0.3, 0.4) is 0 Å². The number of para-hydroxylation sites is 1. The van der Waals surface area contributed by atoms with Crippen LogP contribution in [0, 0.1) is 0 Å². The number of likely N-dealkylation sites (N-methyl/N-ethyl adjacent to an activating group) is 1. The zero-order valence-corrected chi connectivity index (χ0v) is 18.0. The van der Waals surface area contributed by atoms with E-state index >= 15 is 0 Å². The summed E-state index contributed by atoms with van der Waals surface area (Å²) in [7, 11) is 0. The number of hydrogen-bond acceptors (Lipinski definition) is 8. The van der Waals surface area contributed by atoms with E-state index in [4.69, 9.17) is 4.74 Å². The van der Waals surface area contributed by atoms with Gasteiger partial charge in [0.05, 0.1) is 0 Å². The molecule has 0 unspecified atom stereocenters. The van der Waals surface area contributed by atoms with Crippen molar-refractivity contribution >= 4 is 28.8 Å². The summed E-state index contributed by atoms with van der Waals surface area (Å²) in [5, 5.41) is 14.3. The molecule has 2 amide bonds. The second kappa shape index (κ2) is 11.7. The molecule has 0 bridgehead atoms. The van der Waals surface area contributed by atoms with E-state index in [1.807, 2.05) is 18.2 Å². The molecule has 2 N–H and O–H groups in total. The number of rotatable bonds is 10. The monoisotopic (exact) mass is 432 g/mol. The second-order valence-corrected chi connectivity index (χ2v) is 8.00. The molecule has 9 nitrogen and oxygen atoms in total. The molecule has 2 heterocycles. The molecule has 0 radical (unpaired) electrons. The Morgan fingerprint density at radius 2 is 1.83 bits per heavy atom. The van der Waals surface area contributed by atoms with Crippen molar-refractivity contribution in [2.75, 3.05) is 57.7 Å². The average molecular weight is 433 g/mol. The summed E-state index contributed by atoms with van der Waals surface area (Å²) in [5.74, 6) is -0.476. The number of anilines is 1. The standard InChI is InChI=1S/C20H28N6O3S/c1-2-25-10-12-26(13-11-25)9-8-21-17(27)14-29-15-18-23-24-20(30-18)19(28)22-16-6-4-3-5-7-16/h3-7H,2,8-15H2,1H3,(H,21,27)(H,22,28). The predicted octanol–water partition coefficient (Wildman–Crippen LogP) is 1.06. The largest absolute Gasteiger partial charge is 0.364 e. The molecule has 162 valence electrons. The third-order valence-electron chi connectivity index (χ3n) is 4.81. The number of amides is 2. The molecule has 1 saturated heterocycles. The van der Waals surface area contributed by atoms with Gasteiger partial charge in [0.25, 0.3) is 5.91 Å². The normalized spacial score (nSPS) is 15.1. The maximum Gasteiger partial charge on any atom is 0.286 e. The summed E-state index contributed by atoms with van der Waals surface area (Å²) < 4.78 is 5.41. The van der Waals surface area contributed by atoms with Gasteiger partial charge in [-0.15, -0.1) is 10.2 Å². The Morgan fingerprint density at radius 3 is 2.57 bits per heavy atom. The molecule has 3 rings (SSSR count). The maximum absolute atomic E-state index is 12.2. The molecule has 1 aliphatic heterocycles. The molecule has 0 spiro atoms. The molecule has 0 saturated carbocycles. The number of piperazine rings is 1. The van der Waals surface area contributed by atoms with E-state index in [0.29, 0.717) is 17.2 Å². The Balaban J connectivity index is 1.30. The van der Waals surface area contributed by atoms with Gasteiger partial charge in [-0.05, 0) is 18.7 Å². The van der Waals surface area contributed by atoms with Gasteiger partial charge >= 0.3 is 0 Å². The van der Waals surface area contributed by atoms with E-state index < -0.39 is 0 Å².